The zero-order chi connectivity index (χ0) is 38.7. The van der Waals surface area contributed by atoms with E-state index in [1.54, 1.807) is 0 Å². The molecule has 0 radical (unpaired) electrons. The predicted octanol–water partition coefficient (Wildman–Crippen LogP) is 5.04. The molecule has 4 rings (SSSR count). The second kappa shape index (κ2) is 21.7. The lowest BCUT2D eigenvalue weighted by atomic mass is 9.90. The van der Waals surface area contributed by atoms with E-state index in [4.69, 9.17) is 22.9 Å². The minimum Gasteiger partial charge on any atom is -0.370 e. The number of carbonyl (C=O) groups is 4. The third-order valence-corrected chi connectivity index (χ3v) is 9.36. The van der Waals surface area contributed by atoms with Gasteiger partial charge in [0.05, 0.1) is 12.1 Å². The van der Waals surface area contributed by atoms with Crippen LogP contribution in [0.25, 0.3) is 22.3 Å². The Kier molecular flexibility index (Phi) is 16.4. The van der Waals surface area contributed by atoms with Gasteiger partial charge in [-0.3, -0.25) is 19.4 Å². The first-order chi connectivity index (χ1) is 26.1. The van der Waals surface area contributed by atoms with E-state index in [-0.39, 0.29) is 36.8 Å². The van der Waals surface area contributed by atoms with Gasteiger partial charge in [-0.25, -0.2) is 4.79 Å². The summed E-state index contributed by atoms with van der Waals surface area (Å²) >= 11 is 0. The highest BCUT2D eigenvalue weighted by molar-refractivity contribution is 5.93. The molecule has 11 nitrogen and oxygen atoms in total. The van der Waals surface area contributed by atoms with E-state index in [1.165, 1.54) is 0 Å². The Labute approximate surface area is 318 Å². The summed E-state index contributed by atoms with van der Waals surface area (Å²) < 4.78 is 0. The van der Waals surface area contributed by atoms with Crippen molar-refractivity contribution < 1.29 is 19.2 Å². The minimum atomic E-state index is -0.815. The first-order valence-corrected chi connectivity index (χ1v) is 18.6. The number of nitrogens with one attached hydrogen (secondary N) is 2. The first-order valence-electron chi connectivity index (χ1n) is 18.6. The van der Waals surface area contributed by atoms with E-state index in [1.807, 2.05) is 109 Å². The SMILES string of the molecule is NC(=O)NCCCCCC(=O)[C@H](Cc1ccc(-c2ccccc2)cc1)NC(=O)[C@H](CCCN=C(N)N)CC(=O)[C@@H](N)Cc1ccc(-c2ccccc2)cc1. The Morgan fingerprint density at radius 3 is 1.69 bits per heavy atom. The molecule has 54 heavy (non-hydrogen) atoms. The molecular weight excluding hydrogens is 679 g/mol. The average molecular weight is 732 g/mol. The van der Waals surface area contributed by atoms with E-state index in [2.05, 4.69) is 15.6 Å². The van der Waals surface area contributed by atoms with Crippen LogP contribution in [0.5, 0.6) is 0 Å². The highest BCUT2D eigenvalue weighted by Gasteiger charge is 2.29. The molecule has 3 atom stereocenters. The number of aliphatic imine (C=N–C) groups is 1. The number of amides is 3. The first kappa shape index (κ1) is 41.0. The fraction of sp³-hybridized carbons (Fsp3) is 0.326. The van der Waals surface area contributed by atoms with Crippen molar-refractivity contribution in [1.29, 1.82) is 0 Å². The summed E-state index contributed by atoms with van der Waals surface area (Å²) in [5.74, 6) is -1.54. The number of primary amides is 1. The Morgan fingerprint density at radius 1 is 0.611 bits per heavy atom. The lowest BCUT2D eigenvalue weighted by Gasteiger charge is -2.23. The summed E-state index contributed by atoms with van der Waals surface area (Å²) in [6.07, 6.45) is 3.51. The van der Waals surface area contributed by atoms with E-state index >= 15 is 0 Å². The molecule has 4 aromatic rings. The van der Waals surface area contributed by atoms with Gasteiger partial charge in [0.1, 0.15) is 0 Å². The maximum atomic E-state index is 14.0. The maximum Gasteiger partial charge on any atom is 0.312 e. The Bertz CT molecular complexity index is 1810. The normalized spacial score (nSPS) is 12.5. The van der Waals surface area contributed by atoms with Gasteiger partial charge in [-0.05, 0) is 71.9 Å². The summed E-state index contributed by atoms with van der Waals surface area (Å²) in [7, 11) is 0. The number of unbranched alkanes of at least 4 members (excludes halogenated alkanes) is 2. The molecule has 0 bridgehead atoms. The molecule has 3 amide bonds. The van der Waals surface area contributed by atoms with Crippen LogP contribution >= 0.6 is 0 Å². The number of carbonyl (C=O) groups excluding carboxylic acids is 4. The summed E-state index contributed by atoms with van der Waals surface area (Å²) in [5.41, 5.74) is 28.7. The van der Waals surface area contributed by atoms with E-state index < -0.39 is 29.9 Å². The zero-order valence-corrected chi connectivity index (χ0v) is 30.8. The molecule has 0 saturated carbocycles. The lowest BCUT2D eigenvalue weighted by molar-refractivity contribution is -0.133. The molecule has 284 valence electrons. The standard InChI is InChI=1S/C43H53N7O4/c44-37(27-30-17-21-34(22-18-30)32-11-4-1-5-12-32)40(52)29-36(15-10-26-48-42(45)46)41(53)50-38(39(51)16-8-3-9-25-49-43(47)54)28-31-19-23-35(24-20-31)33-13-6-2-7-14-33/h1-2,4-7,11-14,17-24,36-38H,3,8-10,15-16,25-29,44H2,(H,50,53)(H4,45,46,48)(H3,47,49,54)/t36-,37+,38+/m1/s1. The van der Waals surface area contributed by atoms with Gasteiger partial charge in [0.15, 0.2) is 17.5 Å². The average Bonchev–Trinajstić information content (AvgIpc) is 3.18. The Morgan fingerprint density at radius 2 is 1.15 bits per heavy atom. The molecular formula is C43H53N7O4. The third-order valence-electron chi connectivity index (χ3n) is 9.36. The second-order valence-corrected chi connectivity index (χ2v) is 13.6. The number of guanidine groups is 1. The van der Waals surface area contributed by atoms with Crippen LogP contribution in [-0.2, 0) is 27.2 Å². The van der Waals surface area contributed by atoms with Gasteiger partial charge in [-0.2, -0.15) is 0 Å². The minimum absolute atomic E-state index is 0.0539. The zero-order valence-electron chi connectivity index (χ0n) is 30.8. The number of hydrogen-bond donors (Lipinski definition) is 6. The highest BCUT2D eigenvalue weighted by atomic mass is 16.2. The number of urea groups is 1. The van der Waals surface area contributed by atoms with Crippen LogP contribution in [-0.4, -0.2) is 54.6 Å². The molecule has 11 heteroatoms. The smallest absolute Gasteiger partial charge is 0.312 e. The van der Waals surface area contributed by atoms with Gasteiger partial charge >= 0.3 is 6.03 Å². The third kappa shape index (κ3) is 14.0. The molecule has 0 aromatic heterocycles. The number of ketones is 2. The van der Waals surface area contributed by atoms with Gasteiger partial charge in [-0.15, -0.1) is 0 Å². The quantitative estimate of drug-likeness (QED) is 0.0368. The fourth-order valence-corrected chi connectivity index (χ4v) is 6.32. The monoisotopic (exact) mass is 731 g/mol. The van der Waals surface area contributed by atoms with Crippen LogP contribution < -0.4 is 33.6 Å². The number of hydrogen-bond acceptors (Lipinski definition) is 6. The van der Waals surface area contributed by atoms with Gasteiger partial charge in [0, 0.05) is 31.8 Å². The van der Waals surface area contributed by atoms with Crippen LogP contribution in [0.2, 0.25) is 0 Å². The molecule has 0 unspecified atom stereocenters. The lowest BCUT2D eigenvalue weighted by Crippen LogP contribution is -2.46. The topological polar surface area (TPSA) is 209 Å². The van der Waals surface area contributed by atoms with Gasteiger partial charge in [0.2, 0.25) is 5.91 Å². The molecule has 4 aromatic carbocycles. The van der Waals surface area contributed by atoms with E-state index in [9.17, 15) is 19.2 Å². The van der Waals surface area contributed by atoms with Crippen molar-refractivity contribution >= 4 is 29.5 Å². The summed E-state index contributed by atoms with van der Waals surface area (Å²) in [4.78, 5) is 56.2. The number of benzene rings is 4. The van der Waals surface area contributed by atoms with Crippen molar-refractivity contribution in [3.8, 4) is 22.3 Å². The number of nitrogens with zero attached hydrogens (tertiary/aromatic N) is 1. The van der Waals surface area contributed by atoms with E-state index in [0.717, 1.165) is 33.4 Å². The van der Waals surface area contributed by atoms with Crippen LogP contribution in [0.15, 0.2) is 114 Å². The number of Topliss-reactive ketones (excluding diaryl/α,β-unsaturated/α-hetero) is 2. The maximum absolute atomic E-state index is 14.0. The highest BCUT2D eigenvalue weighted by Crippen LogP contribution is 2.22. The van der Waals surface area contributed by atoms with Crippen molar-refractivity contribution in [2.45, 2.75) is 69.9 Å². The van der Waals surface area contributed by atoms with Crippen LogP contribution in [0.4, 0.5) is 4.79 Å². The van der Waals surface area contributed by atoms with Crippen molar-refractivity contribution in [3.63, 3.8) is 0 Å². The van der Waals surface area contributed by atoms with Crippen LogP contribution in [0, 0.1) is 5.92 Å². The summed E-state index contributed by atoms with van der Waals surface area (Å²) in [6.45, 7) is 0.717. The van der Waals surface area contributed by atoms with Gasteiger partial charge in [-0.1, -0.05) is 116 Å². The number of rotatable bonds is 22. The van der Waals surface area contributed by atoms with Crippen molar-refractivity contribution in [3.05, 3.63) is 120 Å². The summed E-state index contributed by atoms with van der Waals surface area (Å²) in [6, 6.07) is 33.7. The largest absolute Gasteiger partial charge is 0.370 e. The Balaban J connectivity index is 1.45. The van der Waals surface area contributed by atoms with E-state index in [0.29, 0.717) is 51.6 Å². The molecule has 10 N–H and O–H groups in total. The number of nitrogens with two attached hydrogens (primary N) is 4. The van der Waals surface area contributed by atoms with Gasteiger partial charge < -0.3 is 33.6 Å². The van der Waals surface area contributed by atoms with Crippen LogP contribution in [0.1, 0.15) is 56.1 Å². The van der Waals surface area contributed by atoms with Gasteiger partial charge in [0.25, 0.3) is 0 Å². The van der Waals surface area contributed by atoms with Crippen molar-refractivity contribution in [2.75, 3.05) is 13.1 Å². The molecule has 0 aliphatic heterocycles. The predicted molar refractivity (Wildman–Crippen MR) is 215 cm³/mol. The molecule has 0 spiro atoms. The molecule has 0 heterocycles. The Hall–Kier alpha value is -5.81. The molecule has 0 saturated heterocycles. The van der Waals surface area contributed by atoms with Crippen molar-refractivity contribution in [1.82, 2.24) is 10.6 Å². The molecule has 0 fully saturated rings. The van der Waals surface area contributed by atoms with Crippen LogP contribution in [0.3, 0.4) is 0 Å². The second-order valence-electron chi connectivity index (χ2n) is 13.6. The molecule has 0 aliphatic rings. The molecule has 0 aliphatic carbocycles. The fourth-order valence-electron chi connectivity index (χ4n) is 6.32. The van der Waals surface area contributed by atoms with Crippen molar-refractivity contribution in [2.24, 2.45) is 33.8 Å². The summed E-state index contributed by atoms with van der Waals surface area (Å²) in [5, 5.41) is 5.56.